The fraction of sp³-hybridized carbons (Fsp3) is 0. The monoisotopic (exact) mass is 192 g/mol. The van der Waals surface area contributed by atoms with Crippen LogP contribution in [0.25, 0.3) is 5.69 Å². The second-order valence-corrected chi connectivity index (χ2v) is 2.74. The Morgan fingerprint density at radius 3 is 2.54 bits per heavy atom. The molecule has 0 saturated heterocycles. The molecule has 0 radical (unpaired) electrons. The molecule has 2 aromatic rings. The smallest absolute Gasteiger partial charge is 0.137 e. The molecule has 3 nitrogen and oxygen atoms in total. The summed E-state index contributed by atoms with van der Waals surface area (Å²) in [6.45, 7) is 0. The largest absolute Gasteiger partial charge is 0.429 e. The molecule has 2 rings (SSSR count). The van der Waals surface area contributed by atoms with Crippen LogP contribution in [0.2, 0.25) is 0 Å². The quantitative estimate of drug-likeness (QED) is 0.582. The molecule has 0 aliphatic heterocycles. The minimum Gasteiger partial charge on any atom is -0.429 e. The van der Waals surface area contributed by atoms with Gasteiger partial charge in [-0.1, -0.05) is 0 Å². The second-order valence-electron chi connectivity index (χ2n) is 2.56. The number of hydrogen-bond acceptors (Lipinski definition) is 3. The van der Waals surface area contributed by atoms with Gasteiger partial charge in [-0.25, -0.2) is 4.98 Å². The van der Waals surface area contributed by atoms with Crippen LogP contribution in [0.3, 0.4) is 0 Å². The van der Waals surface area contributed by atoms with E-state index in [1.807, 2.05) is 35.0 Å². The number of aromatic nitrogens is 2. The van der Waals surface area contributed by atoms with Crippen LogP contribution in [0.15, 0.2) is 43.0 Å². The zero-order valence-electron chi connectivity index (χ0n) is 6.79. The molecule has 1 heterocycles. The number of imidazole rings is 1. The van der Waals surface area contributed by atoms with Gasteiger partial charge in [0.1, 0.15) is 5.75 Å². The zero-order valence-corrected chi connectivity index (χ0v) is 7.69. The van der Waals surface area contributed by atoms with Gasteiger partial charge in [0.05, 0.1) is 6.33 Å². The standard InChI is InChI=1S/C9H8N2OS/c13-12-9-3-1-8(2-4-9)11-6-5-10-7-11/h1-7,13H. The average Bonchev–Trinajstić information content (AvgIpc) is 2.71. The third kappa shape index (κ3) is 1.67. The highest BCUT2D eigenvalue weighted by molar-refractivity contribution is 7.75. The van der Waals surface area contributed by atoms with Crippen molar-refractivity contribution in [3.8, 4) is 11.4 Å². The maximum absolute atomic E-state index is 4.76. The van der Waals surface area contributed by atoms with Crippen molar-refractivity contribution < 1.29 is 4.18 Å². The van der Waals surface area contributed by atoms with Crippen LogP contribution in [-0.2, 0) is 0 Å². The normalized spacial score (nSPS) is 9.92. The van der Waals surface area contributed by atoms with E-state index in [0.717, 1.165) is 11.4 Å². The Balaban J connectivity index is 2.33. The lowest BCUT2D eigenvalue weighted by molar-refractivity contribution is 0.658. The molecule has 0 atom stereocenters. The number of rotatable bonds is 2. The van der Waals surface area contributed by atoms with E-state index >= 15 is 0 Å². The van der Waals surface area contributed by atoms with E-state index in [4.69, 9.17) is 4.18 Å². The molecule has 0 amide bonds. The summed E-state index contributed by atoms with van der Waals surface area (Å²) in [5, 5.41) is 0. The summed E-state index contributed by atoms with van der Waals surface area (Å²) in [5.41, 5.74) is 1.05. The van der Waals surface area contributed by atoms with Crippen molar-refractivity contribution in [1.82, 2.24) is 9.55 Å². The molecule has 13 heavy (non-hydrogen) atoms. The summed E-state index contributed by atoms with van der Waals surface area (Å²) < 4.78 is 6.68. The molecule has 4 heteroatoms. The Morgan fingerprint density at radius 2 is 2.00 bits per heavy atom. The Hall–Kier alpha value is -1.42. The summed E-state index contributed by atoms with van der Waals surface area (Å²) >= 11 is 3.70. The summed E-state index contributed by atoms with van der Waals surface area (Å²) in [6.07, 6.45) is 5.37. The molecule has 0 bridgehead atoms. The van der Waals surface area contributed by atoms with Crippen molar-refractivity contribution in [2.75, 3.05) is 0 Å². The van der Waals surface area contributed by atoms with E-state index in [1.54, 1.807) is 12.5 Å². The van der Waals surface area contributed by atoms with E-state index in [2.05, 4.69) is 17.9 Å². The predicted octanol–water partition coefficient (Wildman–Crippen LogP) is 2.10. The summed E-state index contributed by atoms with van der Waals surface area (Å²) in [7, 11) is 0. The summed E-state index contributed by atoms with van der Waals surface area (Å²) in [4.78, 5) is 3.96. The van der Waals surface area contributed by atoms with Gasteiger partial charge in [-0.05, 0) is 24.3 Å². The van der Waals surface area contributed by atoms with Crippen LogP contribution in [0.1, 0.15) is 0 Å². The first kappa shape index (κ1) is 8.19. The van der Waals surface area contributed by atoms with Crippen molar-refractivity contribution in [2.45, 2.75) is 0 Å². The van der Waals surface area contributed by atoms with Crippen molar-refractivity contribution in [2.24, 2.45) is 0 Å². The molecule has 1 aromatic carbocycles. The van der Waals surface area contributed by atoms with Crippen molar-refractivity contribution in [3.05, 3.63) is 43.0 Å². The van der Waals surface area contributed by atoms with Crippen molar-refractivity contribution in [3.63, 3.8) is 0 Å². The number of thiol groups is 1. The Labute approximate surface area is 81.6 Å². The average molecular weight is 192 g/mol. The number of hydrogen-bond donors (Lipinski definition) is 1. The van der Waals surface area contributed by atoms with Gasteiger partial charge in [0.2, 0.25) is 0 Å². The highest BCUT2D eigenvalue weighted by Crippen LogP contribution is 2.15. The van der Waals surface area contributed by atoms with Crippen molar-refractivity contribution >= 4 is 12.9 Å². The van der Waals surface area contributed by atoms with Gasteiger partial charge in [0.25, 0.3) is 0 Å². The first-order valence-corrected chi connectivity index (χ1v) is 4.16. The fourth-order valence-corrected chi connectivity index (χ4v) is 1.21. The predicted molar refractivity (Wildman–Crippen MR) is 53.2 cm³/mol. The first-order valence-electron chi connectivity index (χ1n) is 3.80. The van der Waals surface area contributed by atoms with Crippen LogP contribution in [-0.4, -0.2) is 9.55 Å². The lowest BCUT2D eigenvalue weighted by atomic mass is 10.3. The molecule has 0 N–H and O–H groups in total. The van der Waals surface area contributed by atoms with Crippen LogP contribution in [0.5, 0.6) is 5.75 Å². The molecule has 1 aromatic heterocycles. The Morgan fingerprint density at radius 1 is 1.23 bits per heavy atom. The highest BCUT2D eigenvalue weighted by Gasteiger charge is 1.95. The topological polar surface area (TPSA) is 27.1 Å². The SMILES string of the molecule is SOc1ccc(-n2ccnc2)cc1. The minimum absolute atomic E-state index is 0.729. The highest BCUT2D eigenvalue weighted by atomic mass is 32.1. The van der Waals surface area contributed by atoms with Crippen LogP contribution in [0, 0.1) is 0 Å². The van der Waals surface area contributed by atoms with E-state index < -0.39 is 0 Å². The van der Waals surface area contributed by atoms with E-state index in [-0.39, 0.29) is 0 Å². The molecule has 0 aliphatic rings. The molecular formula is C9H8N2OS. The molecule has 0 saturated carbocycles. The molecule has 0 unspecified atom stereocenters. The van der Waals surface area contributed by atoms with Gasteiger partial charge in [0, 0.05) is 31.0 Å². The van der Waals surface area contributed by atoms with E-state index in [0.29, 0.717) is 0 Å². The van der Waals surface area contributed by atoms with Gasteiger partial charge in [0.15, 0.2) is 0 Å². The van der Waals surface area contributed by atoms with Crippen molar-refractivity contribution in [1.29, 1.82) is 0 Å². The first-order chi connectivity index (χ1) is 6.40. The Kier molecular flexibility index (Phi) is 2.23. The summed E-state index contributed by atoms with van der Waals surface area (Å²) in [6, 6.07) is 7.57. The molecule has 66 valence electrons. The number of nitrogens with zero attached hydrogens (tertiary/aromatic N) is 2. The fourth-order valence-electron chi connectivity index (χ4n) is 1.09. The molecule has 0 aliphatic carbocycles. The maximum Gasteiger partial charge on any atom is 0.137 e. The lowest BCUT2D eigenvalue weighted by Gasteiger charge is -2.02. The third-order valence-electron chi connectivity index (χ3n) is 1.74. The summed E-state index contributed by atoms with van der Waals surface area (Å²) in [5.74, 6) is 0.729. The van der Waals surface area contributed by atoms with Gasteiger partial charge in [-0.3, -0.25) is 0 Å². The number of benzene rings is 1. The molecule has 0 spiro atoms. The zero-order chi connectivity index (χ0) is 9.10. The third-order valence-corrected chi connectivity index (χ3v) is 1.96. The molecular weight excluding hydrogens is 184 g/mol. The Bertz CT molecular complexity index is 369. The van der Waals surface area contributed by atoms with Crippen LogP contribution in [0.4, 0.5) is 0 Å². The lowest BCUT2D eigenvalue weighted by Crippen LogP contribution is -1.88. The van der Waals surface area contributed by atoms with Gasteiger partial charge < -0.3 is 8.75 Å². The minimum atomic E-state index is 0.729. The van der Waals surface area contributed by atoms with E-state index in [9.17, 15) is 0 Å². The van der Waals surface area contributed by atoms with E-state index in [1.165, 1.54) is 0 Å². The van der Waals surface area contributed by atoms with Crippen LogP contribution >= 0.6 is 12.9 Å². The second kappa shape index (κ2) is 3.53. The van der Waals surface area contributed by atoms with Gasteiger partial charge in [-0.2, -0.15) is 0 Å². The molecule has 0 fully saturated rings. The van der Waals surface area contributed by atoms with Gasteiger partial charge in [-0.15, -0.1) is 0 Å². The van der Waals surface area contributed by atoms with Crippen LogP contribution < -0.4 is 4.18 Å². The van der Waals surface area contributed by atoms with Gasteiger partial charge >= 0.3 is 0 Å². The maximum atomic E-state index is 4.76.